The average Bonchev–Trinajstić information content (AvgIpc) is 2.64. The summed E-state index contributed by atoms with van der Waals surface area (Å²) in [4.78, 5) is 12.1. The van der Waals surface area contributed by atoms with E-state index >= 15 is 0 Å². The van der Waals surface area contributed by atoms with E-state index in [1.54, 1.807) is 30.3 Å². The molecule has 5 nitrogen and oxygen atoms in total. The third-order valence-corrected chi connectivity index (χ3v) is 3.59. The van der Waals surface area contributed by atoms with Crippen LogP contribution in [0.15, 0.2) is 60.7 Å². The van der Waals surface area contributed by atoms with E-state index in [4.69, 9.17) is 4.74 Å². The summed E-state index contributed by atoms with van der Waals surface area (Å²) in [5.41, 5.74) is 3.03. The lowest BCUT2D eigenvalue weighted by Crippen LogP contribution is -2.14. The molecule has 0 spiro atoms. The van der Waals surface area contributed by atoms with E-state index < -0.39 is 0 Å². The standard InChI is InChI=1S/C19H16FN3O2/c1-25-19-11-10-17(22-23-19)14-4-8-16(9-5-14)21-18(24)12-13-2-6-15(20)7-3-13/h2-11H,12H2,1H3,(H,21,24). The lowest BCUT2D eigenvalue weighted by atomic mass is 10.1. The van der Waals surface area contributed by atoms with Crippen molar-refractivity contribution in [2.75, 3.05) is 12.4 Å². The van der Waals surface area contributed by atoms with Crippen LogP contribution in [0.3, 0.4) is 0 Å². The number of carbonyl (C=O) groups excluding carboxylic acids is 1. The second-order valence-corrected chi connectivity index (χ2v) is 5.39. The number of halogens is 1. The lowest BCUT2D eigenvalue weighted by molar-refractivity contribution is -0.115. The first-order chi connectivity index (χ1) is 12.1. The molecule has 0 aliphatic carbocycles. The summed E-state index contributed by atoms with van der Waals surface area (Å²) in [6, 6.07) is 16.7. The van der Waals surface area contributed by atoms with Gasteiger partial charge in [0, 0.05) is 17.3 Å². The summed E-state index contributed by atoms with van der Waals surface area (Å²) in [7, 11) is 1.53. The molecule has 1 N–H and O–H groups in total. The molecule has 126 valence electrons. The SMILES string of the molecule is COc1ccc(-c2ccc(NC(=O)Cc3ccc(F)cc3)cc2)nn1. The summed E-state index contributed by atoms with van der Waals surface area (Å²) < 4.78 is 17.9. The Morgan fingerprint density at radius 2 is 1.72 bits per heavy atom. The summed E-state index contributed by atoms with van der Waals surface area (Å²) in [6.45, 7) is 0. The molecule has 25 heavy (non-hydrogen) atoms. The first-order valence-electron chi connectivity index (χ1n) is 7.66. The topological polar surface area (TPSA) is 64.1 Å². The predicted octanol–water partition coefficient (Wildman–Crippen LogP) is 3.47. The van der Waals surface area contributed by atoms with Gasteiger partial charge in [0.2, 0.25) is 11.8 Å². The lowest BCUT2D eigenvalue weighted by Gasteiger charge is -2.07. The molecule has 0 saturated heterocycles. The molecule has 0 radical (unpaired) electrons. The molecule has 1 heterocycles. The van der Waals surface area contributed by atoms with Crippen molar-refractivity contribution >= 4 is 11.6 Å². The molecule has 0 saturated carbocycles. The van der Waals surface area contributed by atoms with Gasteiger partial charge in [0.05, 0.1) is 19.2 Å². The van der Waals surface area contributed by atoms with Crippen molar-refractivity contribution in [2.24, 2.45) is 0 Å². The second-order valence-electron chi connectivity index (χ2n) is 5.39. The average molecular weight is 337 g/mol. The van der Waals surface area contributed by atoms with Crippen molar-refractivity contribution in [3.05, 3.63) is 72.0 Å². The highest BCUT2D eigenvalue weighted by atomic mass is 19.1. The number of carbonyl (C=O) groups is 1. The minimum Gasteiger partial charge on any atom is -0.480 e. The van der Waals surface area contributed by atoms with Gasteiger partial charge in [-0.05, 0) is 35.9 Å². The Hall–Kier alpha value is -3.28. The minimum absolute atomic E-state index is 0.163. The maximum Gasteiger partial charge on any atom is 0.233 e. The van der Waals surface area contributed by atoms with Crippen molar-refractivity contribution in [3.8, 4) is 17.1 Å². The Balaban J connectivity index is 1.63. The molecular weight excluding hydrogens is 321 g/mol. The van der Waals surface area contributed by atoms with Gasteiger partial charge in [-0.1, -0.05) is 24.3 Å². The quantitative estimate of drug-likeness (QED) is 0.774. The largest absolute Gasteiger partial charge is 0.480 e. The van der Waals surface area contributed by atoms with Gasteiger partial charge in [0.15, 0.2) is 0 Å². The van der Waals surface area contributed by atoms with Crippen LogP contribution >= 0.6 is 0 Å². The molecule has 0 aliphatic heterocycles. The van der Waals surface area contributed by atoms with Gasteiger partial charge >= 0.3 is 0 Å². The highest BCUT2D eigenvalue weighted by molar-refractivity contribution is 5.92. The normalized spacial score (nSPS) is 10.3. The number of rotatable bonds is 5. The predicted molar refractivity (Wildman–Crippen MR) is 92.8 cm³/mol. The fraction of sp³-hybridized carbons (Fsp3) is 0.105. The number of nitrogens with one attached hydrogen (secondary N) is 1. The van der Waals surface area contributed by atoms with Crippen LogP contribution in [0.2, 0.25) is 0 Å². The second kappa shape index (κ2) is 7.53. The number of aromatic nitrogens is 2. The molecule has 0 aliphatic rings. The summed E-state index contributed by atoms with van der Waals surface area (Å²) >= 11 is 0. The van der Waals surface area contributed by atoms with Crippen LogP contribution < -0.4 is 10.1 Å². The number of hydrogen-bond acceptors (Lipinski definition) is 4. The van der Waals surface area contributed by atoms with Crippen molar-refractivity contribution in [1.29, 1.82) is 0 Å². The van der Waals surface area contributed by atoms with Gasteiger partial charge < -0.3 is 10.1 Å². The number of ether oxygens (including phenoxy) is 1. The monoisotopic (exact) mass is 337 g/mol. The van der Waals surface area contributed by atoms with E-state index in [9.17, 15) is 9.18 Å². The van der Waals surface area contributed by atoms with Crippen LogP contribution in [0.25, 0.3) is 11.3 Å². The molecule has 0 atom stereocenters. The molecule has 2 aromatic carbocycles. The molecule has 0 bridgehead atoms. The van der Waals surface area contributed by atoms with Gasteiger partial charge in [-0.25, -0.2) is 4.39 Å². The van der Waals surface area contributed by atoms with E-state index in [1.165, 1.54) is 19.2 Å². The Bertz CT molecular complexity index is 847. The Labute approximate surface area is 144 Å². The summed E-state index contributed by atoms with van der Waals surface area (Å²) in [5.74, 6) is -0.0293. The van der Waals surface area contributed by atoms with Crippen LogP contribution in [0.4, 0.5) is 10.1 Å². The van der Waals surface area contributed by atoms with Gasteiger partial charge in [0.1, 0.15) is 5.82 Å². The number of hydrogen-bond donors (Lipinski definition) is 1. The molecule has 1 amide bonds. The van der Waals surface area contributed by atoms with Crippen LogP contribution in [0.5, 0.6) is 5.88 Å². The fourth-order valence-electron chi connectivity index (χ4n) is 2.30. The molecule has 1 aromatic heterocycles. The maximum atomic E-state index is 12.9. The Kier molecular flexibility index (Phi) is 4.99. The first kappa shape index (κ1) is 16.6. The van der Waals surface area contributed by atoms with Crippen LogP contribution in [-0.4, -0.2) is 23.2 Å². The van der Waals surface area contributed by atoms with E-state index in [2.05, 4.69) is 15.5 Å². The van der Waals surface area contributed by atoms with Gasteiger partial charge in [0.25, 0.3) is 0 Å². The van der Waals surface area contributed by atoms with E-state index in [1.807, 2.05) is 18.2 Å². The van der Waals surface area contributed by atoms with Crippen LogP contribution in [0, 0.1) is 5.82 Å². The third kappa shape index (κ3) is 4.38. The van der Waals surface area contributed by atoms with Crippen molar-refractivity contribution in [2.45, 2.75) is 6.42 Å². The molecule has 0 fully saturated rings. The Morgan fingerprint density at radius 3 is 2.32 bits per heavy atom. The van der Waals surface area contributed by atoms with E-state index in [0.717, 1.165) is 11.1 Å². The van der Waals surface area contributed by atoms with E-state index in [0.29, 0.717) is 17.3 Å². The number of anilines is 1. The van der Waals surface area contributed by atoms with Gasteiger partial charge in [-0.3, -0.25) is 4.79 Å². The van der Waals surface area contributed by atoms with Crippen molar-refractivity contribution < 1.29 is 13.9 Å². The minimum atomic E-state index is -0.318. The zero-order valence-corrected chi connectivity index (χ0v) is 13.6. The van der Waals surface area contributed by atoms with Crippen LogP contribution in [-0.2, 0) is 11.2 Å². The third-order valence-electron chi connectivity index (χ3n) is 3.59. The molecular formula is C19H16FN3O2. The van der Waals surface area contributed by atoms with Crippen LogP contribution in [0.1, 0.15) is 5.56 Å². The van der Waals surface area contributed by atoms with Crippen molar-refractivity contribution in [3.63, 3.8) is 0 Å². The van der Waals surface area contributed by atoms with Gasteiger partial charge in [-0.2, -0.15) is 0 Å². The maximum absolute atomic E-state index is 12.9. The van der Waals surface area contributed by atoms with Gasteiger partial charge in [-0.15, -0.1) is 10.2 Å². The number of amides is 1. The molecule has 0 unspecified atom stereocenters. The Morgan fingerprint density at radius 1 is 1.00 bits per heavy atom. The fourth-order valence-corrected chi connectivity index (χ4v) is 2.30. The van der Waals surface area contributed by atoms with E-state index in [-0.39, 0.29) is 18.1 Å². The molecule has 6 heteroatoms. The highest BCUT2D eigenvalue weighted by Gasteiger charge is 2.06. The molecule has 3 aromatic rings. The number of benzene rings is 2. The summed E-state index contributed by atoms with van der Waals surface area (Å²) in [6.07, 6.45) is 0.186. The zero-order valence-electron chi connectivity index (χ0n) is 13.6. The number of nitrogens with zero attached hydrogens (tertiary/aromatic N) is 2. The zero-order chi connectivity index (χ0) is 17.6. The highest BCUT2D eigenvalue weighted by Crippen LogP contribution is 2.20. The summed E-state index contributed by atoms with van der Waals surface area (Å²) in [5, 5.41) is 10.8. The van der Waals surface area contributed by atoms with Crippen molar-refractivity contribution in [1.82, 2.24) is 10.2 Å². The smallest absolute Gasteiger partial charge is 0.233 e. The first-order valence-corrected chi connectivity index (χ1v) is 7.66. The molecule has 3 rings (SSSR count). The number of methoxy groups -OCH3 is 1.